The molecule has 0 atom stereocenters. The molecule has 5 heteroatoms. The summed E-state index contributed by atoms with van der Waals surface area (Å²) < 4.78 is 3.91. The van der Waals surface area contributed by atoms with E-state index >= 15 is 0 Å². The van der Waals surface area contributed by atoms with Gasteiger partial charge in [-0.3, -0.25) is 4.68 Å². The van der Waals surface area contributed by atoms with Gasteiger partial charge in [0.25, 0.3) is 0 Å². The standard InChI is InChI=1S/C14H23N5/c1-9(2)7-19-13(15)12(17-14(19)10(3)4)11-6-16-18(5)8-11/h6,8-10H,7,15H2,1-5H3. The Labute approximate surface area is 114 Å². The molecule has 19 heavy (non-hydrogen) atoms. The molecule has 0 fully saturated rings. The van der Waals surface area contributed by atoms with Gasteiger partial charge in [-0.15, -0.1) is 0 Å². The van der Waals surface area contributed by atoms with E-state index < -0.39 is 0 Å². The molecule has 5 nitrogen and oxygen atoms in total. The Morgan fingerprint density at radius 1 is 1.26 bits per heavy atom. The number of nitrogens with two attached hydrogens (primary N) is 1. The van der Waals surface area contributed by atoms with Crippen LogP contribution in [0.25, 0.3) is 11.3 Å². The average molecular weight is 261 g/mol. The fourth-order valence-corrected chi connectivity index (χ4v) is 2.24. The maximum Gasteiger partial charge on any atom is 0.131 e. The molecule has 0 radical (unpaired) electrons. The van der Waals surface area contributed by atoms with E-state index in [0.717, 1.165) is 29.4 Å². The third-order valence-electron chi connectivity index (χ3n) is 3.08. The molecular weight excluding hydrogens is 238 g/mol. The summed E-state index contributed by atoms with van der Waals surface area (Å²) in [4.78, 5) is 4.73. The Bertz CT molecular complexity index is 562. The molecule has 2 aromatic heterocycles. The third kappa shape index (κ3) is 2.64. The predicted molar refractivity (Wildman–Crippen MR) is 77.8 cm³/mol. The Kier molecular flexibility index (Phi) is 3.64. The molecule has 0 bridgehead atoms. The molecule has 2 heterocycles. The molecule has 0 aliphatic carbocycles. The van der Waals surface area contributed by atoms with E-state index in [9.17, 15) is 0 Å². The summed E-state index contributed by atoms with van der Waals surface area (Å²) >= 11 is 0. The Morgan fingerprint density at radius 2 is 1.95 bits per heavy atom. The van der Waals surface area contributed by atoms with Gasteiger partial charge < -0.3 is 10.3 Å². The normalized spacial score (nSPS) is 11.7. The Morgan fingerprint density at radius 3 is 2.42 bits per heavy atom. The molecule has 104 valence electrons. The monoisotopic (exact) mass is 261 g/mol. The minimum atomic E-state index is 0.353. The van der Waals surface area contributed by atoms with Gasteiger partial charge in [0.2, 0.25) is 0 Å². The number of hydrogen-bond donors (Lipinski definition) is 1. The summed E-state index contributed by atoms with van der Waals surface area (Å²) in [5.41, 5.74) is 8.12. The summed E-state index contributed by atoms with van der Waals surface area (Å²) in [6.07, 6.45) is 3.75. The van der Waals surface area contributed by atoms with Gasteiger partial charge in [0.15, 0.2) is 0 Å². The van der Waals surface area contributed by atoms with Gasteiger partial charge >= 0.3 is 0 Å². The summed E-state index contributed by atoms with van der Waals surface area (Å²) in [6.45, 7) is 9.56. The zero-order valence-corrected chi connectivity index (χ0v) is 12.4. The van der Waals surface area contributed by atoms with Gasteiger partial charge in [-0.05, 0) is 5.92 Å². The highest BCUT2D eigenvalue weighted by atomic mass is 15.2. The van der Waals surface area contributed by atoms with Crippen molar-refractivity contribution >= 4 is 5.82 Å². The SMILES string of the molecule is CC(C)Cn1c(C(C)C)nc(-c2cnn(C)c2)c1N. The van der Waals surface area contributed by atoms with Crippen LogP contribution in [0.5, 0.6) is 0 Å². The van der Waals surface area contributed by atoms with Crippen LogP contribution in [0, 0.1) is 5.92 Å². The third-order valence-corrected chi connectivity index (χ3v) is 3.08. The van der Waals surface area contributed by atoms with Crippen molar-refractivity contribution in [3.05, 3.63) is 18.2 Å². The van der Waals surface area contributed by atoms with Gasteiger partial charge in [-0.2, -0.15) is 5.10 Å². The van der Waals surface area contributed by atoms with Crippen LogP contribution in [0.4, 0.5) is 5.82 Å². The molecule has 0 aliphatic rings. The first-order chi connectivity index (χ1) is 8.90. The number of nitrogens with zero attached hydrogens (tertiary/aromatic N) is 4. The second kappa shape index (κ2) is 5.07. The summed E-state index contributed by atoms with van der Waals surface area (Å²) in [5, 5.41) is 4.19. The van der Waals surface area contributed by atoms with E-state index in [1.54, 1.807) is 4.68 Å². The average Bonchev–Trinajstić information content (AvgIpc) is 2.84. The van der Waals surface area contributed by atoms with Crippen LogP contribution in [0.3, 0.4) is 0 Å². The fraction of sp³-hybridized carbons (Fsp3) is 0.571. The maximum atomic E-state index is 6.29. The highest BCUT2D eigenvalue weighted by molar-refractivity contribution is 5.70. The van der Waals surface area contributed by atoms with Gasteiger partial charge in [0.05, 0.1) is 6.20 Å². The Balaban J connectivity index is 2.51. The van der Waals surface area contributed by atoms with Crippen molar-refractivity contribution in [2.45, 2.75) is 40.2 Å². The highest BCUT2D eigenvalue weighted by Gasteiger charge is 2.19. The van der Waals surface area contributed by atoms with Crippen LogP contribution < -0.4 is 5.73 Å². The van der Waals surface area contributed by atoms with Crippen molar-refractivity contribution in [2.75, 3.05) is 5.73 Å². The first-order valence-corrected chi connectivity index (χ1v) is 6.75. The van der Waals surface area contributed by atoms with Crippen LogP contribution in [-0.4, -0.2) is 19.3 Å². The lowest BCUT2D eigenvalue weighted by atomic mass is 10.2. The molecule has 2 rings (SSSR count). The molecule has 0 saturated carbocycles. The quantitative estimate of drug-likeness (QED) is 0.920. The van der Waals surface area contributed by atoms with E-state index in [1.807, 2.05) is 19.4 Å². The first-order valence-electron chi connectivity index (χ1n) is 6.75. The molecule has 0 spiro atoms. The van der Waals surface area contributed by atoms with Crippen molar-refractivity contribution in [1.29, 1.82) is 0 Å². The van der Waals surface area contributed by atoms with Gasteiger partial charge in [-0.25, -0.2) is 4.98 Å². The van der Waals surface area contributed by atoms with Crippen molar-refractivity contribution in [3.63, 3.8) is 0 Å². The maximum absolute atomic E-state index is 6.29. The zero-order chi connectivity index (χ0) is 14.2. The van der Waals surface area contributed by atoms with E-state index in [-0.39, 0.29) is 0 Å². The molecule has 0 aromatic carbocycles. The lowest BCUT2D eigenvalue weighted by Gasteiger charge is -2.13. The number of hydrogen-bond acceptors (Lipinski definition) is 3. The van der Waals surface area contributed by atoms with E-state index in [1.165, 1.54) is 0 Å². The number of aromatic nitrogens is 4. The van der Waals surface area contributed by atoms with Crippen LogP contribution in [0.2, 0.25) is 0 Å². The minimum absolute atomic E-state index is 0.353. The van der Waals surface area contributed by atoms with Gasteiger partial charge in [0.1, 0.15) is 17.3 Å². The number of anilines is 1. The lowest BCUT2D eigenvalue weighted by molar-refractivity contribution is 0.502. The van der Waals surface area contributed by atoms with Gasteiger partial charge in [-0.1, -0.05) is 27.7 Å². The van der Waals surface area contributed by atoms with Crippen molar-refractivity contribution in [2.24, 2.45) is 13.0 Å². The number of nitrogen functional groups attached to an aromatic ring is 1. The van der Waals surface area contributed by atoms with Crippen LogP contribution in [0.1, 0.15) is 39.4 Å². The highest BCUT2D eigenvalue weighted by Crippen LogP contribution is 2.29. The molecule has 0 saturated heterocycles. The van der Waals surface area contributed by atoms with E-state index in [0.29, 0.717) is 11.8 Å². The molecule has 2 aromatic rings. The van der Waals surface area contributed by atoms with Crippen LogP contribution in [0.15, 0.2) is 12.4 Å². The second-order valence-corrected chi connectivity index (χ2v) is 5.77. The first kappa shape index (κ1) is 13.6. The number of rotatable bonds is 4. The Hall–Kier alpha value is -1.78. The predicted octanol–water partition coefficient (Wildman–Crippen LogP) is 2.65. The fourth-order valence-electron chi connectivity index (χ4n) is 2.24. The lowest BCUT2D eigenvalue weighted by Crippen LogP contribution is -2.12. The molecule has 0 aliphatic heterocycles. The van der Waals surface area contributed by atoms with E-state index in [4.69, 9.17) is 10.7 Å². The van der Waals surface area contributed by atoms with E-state index in [2.05, 4.69) is 37.4 Å². The van der Waals surface area contributed by atoms with Crippen LogP contribution >= 0.6 is 0 Å². The smallest absolute Gasteiger partial charge is 0.131 e. The molecule has 2 N–H and O–H groups in total. The number of imidazole rings is 1. The van der Waals surface area contributed by atoms with Crippen molar-refractivity contribution < 1.29 is 0 Å². The summed E-state index contributed by atoms with van der Waals surface area (Å²) in [5.74, 6) is 2.68. The molecule has 0 amide bonds. The molecule has 0 unspecified atom stereocenters. The van der Waals surface area contributed by atoms with Crippen molar-refractivity contribution in [3.8, 4) is 11.3 Å². The summed E-state index contributed by atoms with van der Waals surface area (Å²) in [7, 11) is 1.90. The molecular formula is C14H23N5. The minimum Gasteiger partial charge on any atom is -0.383 e. The largest absolute Gasteiger partial charge is 0.383 e. The second-order valence-electron chi connectivity index (χ2n) is 5.77. The van der Waals surface area contributed by atoms with Crippen LogP contribution in [-0.2, 0) is 13.6 Å². The topological polar surface area (TPSA) is 61.7 Å². The van der Waals surface area contributed by atoms with Crippen molar-refractivity contribution in [1.82, 2.24) is 19.3 Å². The zero-order valence-electron chi connectivity index (χ0n) is 12.4. The number of aryl methyl sites for hydroxylation is 1. The van der Waals surface area contributed by atoms with Gasteiger partial charge in [0, 0.05) is 31.3 Å². The summed E-state index contributed by atoms with van der Waals surface area (Å²) in [6, 6.07) is 0.